The SMILES string of the molecule is CC(N)(C(=O)NCC1(O)CCC1)c1ccccc1. The van der Waals surface area contributed by atoms with Crippen molar-refractivity contribution in [3.8, 4) is 0 Å². The van der Waals surface area contributed by atoms with E-state index in [-0.39, 0.29) is 12.5 Å². The standard InChI is InChI=1S/C14H20N2O2/c1-13(15,11-6-3-2-4-7-11)12(17)16-10-14(18)8-5-9-14/h2-4,6-7,18H,5,8-10,15H2,1H3,(H,16,17). The first-order valence-electron chi connectivity index (χ1n) is 6.29. The minimum Gasteiger partial charge on any atom is -0.388 e. The summed E-state index contributed by atoms with van der Waals surface area (Å²) in [5.74, 6) is -0.256. The van der Waals surface area contributed by atoms with E-state index in [1.54, 1.807) is 6.92 Å². The molecule has 1 fully saturated rings. The maximum Gasteiger partial charge on any atom is 0.244 e. The second-order valence-corrected chi connectivity index (χ2v) is 5.33. The van der Waals surface area contributed by atoms with Crippen molar-refractivity contribution < 1.29 is 9.90 Å². The second kappa shape index (κ2) is 4.71. The van der Waals surface area contributed by atoms with E-state index < -0.39 is 11.1 Å². The highest BCUT2D eigenvalue weighted by Crippen LogP contribution is 2.30. The van der Waals surface area contributed by atoms with Crippen LogP contribution in [0.4, 0.5) is 0 Å². The van der Waals surface area contributed by atoms with E-state index in [1.165, 1.54) is 0 Å². The molecule has 0 aromatic heterocycles. The van der Waals surface area contributed by atoms with Crippen molar-refractivity contribution in [1.29, 1.82) is 0 Å². The Morgan fingerprint density at radius 3 is 2.56 bits per heavy atom. The van der Waals surface area contributed by atoms with Crippen molar-refractivity contribution in [3.05, 3.63) is 35.9 Å². The number of amides is 1. The topological polar surface area (TPSA) is 75.4 Å². The van der Waals surface area contributed by atoms with Gasteiger partial charge in [-0.05, 0) is 31.7 Å². The van der Waals surface area contributed by atoms with Crippen LogP contribution in [0.2, 0.25) is 0 Å². The van der Waals surface area contributed by atoms with Crippen LogP contribution >= 0.6 is 0 Å². The molecule has 1 aliphatic carbocycles. The molecule has 4 heteroatoms. The lowest BCUT2D eigenvalue weighted by atomic mass is 9.80. The van der Waals surface area contributed by atoms with E-state index in [2.05, 4.69) is 5.32 Å². The van der Waals surface area contributed by atoms with Gasteiger partial charge in [0.15, 0.2) is 0 Å². The van der Waals surface area contributed by atoms with Crippen molar-refractivity contribution in [1.82, 2.24) is 5.32 Å². The number of hydrogen-bond acceptors (Lipinski definition) is 3. The van der Waals surface area contributed by atoms with Crippen LogP contribution in [-0.4, -0.2) is 23.2 Å². The molecule has 1 saturated carbocycles. The van der Waals surface area contributed by atoms with Crippen molar-refractivity contribution in [2.45, 2.75) is 37.3 Å². The highest BCUT2D eigenvalue weighted by molar-refractivity contribution is 5.87. The number of nitrogens with two attached hydrogens (primary N) is 1. The Balaban J connectivity index is 1.99. The maximum absolute atomic E-state index is 12.1. The number of hydrogen-bond donors (Lipinski definition) is 3. The van der Waals surface area contributed by atoms with E-state index in [0.29, 0.717) is 0 Å². The molecular formula is C14H20N2O2. The summed E-state index contributed by atoms with van der Waals surface area (Å²) >= 11 is 0. The van der Waals surface area contributed by atoms with Crippen LogP contribution in [0, 0.1) is 0 Å². The summed E-state index contributed by atoms with van der Waals surface area (Å²) in [6.45, 7) is 1.97. The van der Waals surface area contributed by atoms with Crippen LogP contribution in [0.3, 0.4) is 0 Å². The maximum atomic E-state index is 12.1. The normalized spacial score (nSPS) is 20.6. The van der Waals surface area contributed by atoms with E-state index in [4.69, 9.17) is 5.73 Å². The average molecular weight is 248 g/mol. The lowest BCUT2D eigenvalue weighted by Crippen LogP contribution is -2.54. The lowest BCUT2D eigenvalue weighted by molar-refractivity contribution is -0.128. The van der Waals surface area contributed by atoms with Crippen LogP contribution in [0.5, 0.6) is 0 Å². The molecule has 1 unspecified atom stereocenters. The van der Waals surface area contributed by atoms with Crippen molar-refractivity contribution in [2.75, 3.05) is 6.54 Å². The number of carbonyl (C=O) groups is 1. The van der Waals surface area contributed by atoms with Crippen molar-refractivity contribution in [3.63, 3.8) is 0 Å². The first-order chi connectivity index (χ1) is 8.44. The molecule has 1 aliphatic rings. The van der Waals surface area contributed by atoms with E-state index >= 15 is 0 Å². The number of carbonyl (C=O) groups excluding carboxylic acids is 1. The fourth-order valence-corrected chi connectivity index (χ4v) is 2.11. The molecule has 0 bridgehead atoms. The Morgan fingerprint density at radius 2 is 2.06 bits per heavy atom. The van der Waals surface area contributed by atoms with E-state index in [0.717, 1.165) is 24.8 Å². The summed E-state index contributed by atoms with van der Waals surface area (Å²) in [7, 11) is 0. The molecule has 1 amide bonds. The Labute approximate surface area is 107 Å². The summed E-state index contributed by atoms with van der Waals surface area (Å²) in [6.07, 6.45) is 2.52. The predicted molar refractivity (Wildman–Crippen MR) is 69.8 cm³/mol. The Bertz CT molecular complexity index is 425. The number of aliphatic hydroxyl groups is 1. The van der Waals surface area contributed by atoms with Gasteiger partial charge in [0, 0.05) is 6.54 Å². The van der Waals surface area contributed by atoms with Gasteiger partial charge in [0.25, 0.3) is 0 Å². The summed E-state index contributed by atoms with van der Waals surface area (Å²) in [5.41, 5.74) is 5.06. The molecule has 0 saturated heterocycles. The summed E-state index contributed by atoms with van der Waals surface area (Å²) in [5, 5.41) is 12.7. The molecule has 0 radical (unpaired) electrons. The fourth-order valence-electron chi connectivity index (χ4n) is 2.11. The molecule has 1 aromatic carbocycles. The molecular weight excluding hydrogens is 228 g/mol. The first kappa shape index (κ1) is 13.1. The van der Waals surface area contributed by atoms with Crippen LogP contribution in [0.25, 0.3) is 0 Å². The monoisotopic (exact) mass is 248 g/mol. The molecule has 0 aliphatic heterocycles. The zero-order valence-electron chi connectivity index (χ0n) is 10.6. The lowest BCUT2D eigenvalue weighted by Gasteiger charge is -2.37. The van der Waals surface area contributed by atoms with Crippen LogP contribution in [0.1, 0.15) is 31.7 Å². The minimum absolute atomic E-state index is 0.256. The van der Waals surface area contributed by atoms with Gasteiger partial charge in [-0.3, -0.25) is 4.79 Å². The van der Waals surface area contributed by atoms with Gasteiger partial charge >= 0.3 is 0 Å². The number of benzene rings is 1. The molecule has 18 heavy (non-hydrogen) atoms. The highest BCUT2D eigenvalue weighted by atomic mass is 16.3. The molecule has 0 heterocycles. The van der Waals surface area contributed by atoms with Gasteiger partial charge in [-0.1, -0.05) is 30.3 Å². The Morgan fingerprint density at radius 1 is 1.44 bits per heavy atom. The van der Waals surface area contributed by atoms with Gasteiger partial charge in [0.1, 0.15) is 5.54 Å². The van der Waals surface area contributed by atoms with Crippen molar-refractivity contribution >= 4 is 5.91 Å². The van der Waals surface area contributed by atoms with Gasteiger partial charge < -0.3 is 16.2 Å². The third-order valence-electron chi connectivity index (χ3n) is 3.71. The van der Waals surface area contributed by atoms with Gasteiger partial charge in [-0.2, -0.15) is 0 Å². The largest absolute Gasteiger partial charge is 0.388 e. The number of nitrogens with one attached hydrogen (secondary N) is 1. The number of rotatable bonds is 4. The third kappa shape index (κ3) is 2.54. The van der Waals surface area contributed by atoms with Crippen molar-refractivity contribution in [2.24, 2.45) is 5.73 Å². The van der Waals surface area contributed by atoms with Gasteiger partial charge in [-0.25, -0.2) is 0 Å². The first-order valence-corrected chi connectivity index (χ1v) is 6.29. The van der Waals surface area contributed by atoms with Gasteiger partial charge in [-0.15, -0.1) is 0 Å². The minimum atomic E-state index is -1.07. The summed E-state index contributed by atoms with van der Waals surface area (Å²) < 4.78 is 0. The summed E-state index contributed by atoms with van der Waals surface area (Å²) in [4.78, 5) is 12.1. The molecule has 0 spiro atoms. The van der Waals surface area contributed by atoms with Crippen LogP contribution in [0.15, 0.2) is 30.3 Å². The summed E-state index contributed by atoms with van der Waals surface area (Å²) in [6, 6.07) is 9.25. The van der Waals surface area contributed by atoms with Crippen LogP contribution < -0.4 is 11.1 Å². The third-order valence-corrected chi connectivity index (χ3v) is 3.71. The highest BCUT2D eigenvalue weighted by Gasteiger charge is 2.37. The average Bonchev–Trinajstić information content (AvgIpc) is 2.34. The molecule has 4 nitrogen and oxygen atoms in total. The quantitative estimate of drug-likeness (QED) is 0.740. The fraction of sp³-hybridized carbons (Fsp3) is 0.500. The molecule has 4 N–H and O–H groups in total. The molecule has 1 atom stereocenters. The van der Waals surface area contributed by atoms with Crippen LogP contribution in [-0.2, 0) is 10.3 Å². The Hall–Kier alpha value is -1.39. The zero-order chi connectivity index (χ0) is 13.2. The molecule has 98 valence electrons. The van der Waals surface area contributed by atoms with Gasteiger partial charge in [0.05, 0.1) is 5.60 Å². The molecule has 1 aromatic rings. The smallest absolute Gasteiger partial charge is 0.244 e. The Kier molecular flexibility index (Phi) is 3.41. The second-order valence-electron chi connectivity index (χ2n) is 5.33. The predicted octanol–water partition coefficient (Wildman–Crippen LogP) is 0.892. The molecule has 2 rings (SSSR count). The van der Waals surface area contributed by atoms with E-state index in [9.17, 15) is 9.90 Å². The van der Waals surface area contributed by atoms with E-state index in [1.807, 2.05) is 30.3 Å². The zero-order valence-corrected chi connectivity index (χ0v) is 10.6. The van der Waals surface area contributed by atoms with Gasteiger partial charge in [0.2, 0.25) is 5.91 Å².